The number of ether oxygens (including phenoxy) is 1. The number of rotatable bonds is 4. The van der Waals surface area contributed by atoms with Gasteiger partial charge in [-0.25, -0.2) is 9.59 Å². The summed E-state index contributed by atoms with van der Waals surface area (Å²) in [5.74, 6) is -0.323. The lowest BCUT2D eigenvalue weighted by molar-refractivity contribution is 0.0658. The number of hydrogen-bond donors (Lipinski definition) is 1. The van der Waals surface area contributed by atoms with Crippen LogP contribution in [0.25, 0.3) is 11.0 Å². The molecule has 0 aliphatic rings. The lowest BCUT2D eigenvalue weighted by Crippen LogP contribution is -2.01. The van der Waals surface area contributed by atoms with E-state index in [-0.39, 0.29) is 12.4 Å². The summed E-state index contributed by atoms with van der Waals surface area (Å²) in [5, 5.41) is 9.56. The number of aromatic carboxylic acids is 1. The summed E-state index contributed by atoms with van der Waals surface area (Å²) in [6, 6.07) is 7.93. The molecule has 0 aliphatic heterocycles. The van der Waals surface area contributed by atoms with Crippen molar-refractivity contribution in [2.75, 3.05) is 0 Å². The molecule has 6 heteroatoms. The van der Waals surface area contributed by atoms with Crippen molar-refractivity contribution in [1.29, 1.82) is 0 Å². The number of carboxylic acid groups (broad SMARTS) is 1. The largest absolute Gasteiger partial charge is 0.485 e. The summed E-state index contributed by atoms with van der Waals surface area (Å²) in [7, 11) is 0. The highest BCUT2D eigenvalue weighted by Gasteiger charge is 2.13. The molecule has 3 rings (SSSR count). The van der Waals surface area contributed by atoms with Crippen LogP contribution in [0.3, 0.4) is 0 Å². The van der Waals surface area contributed by atoms with Crippen LogP contribution in [-0.4, -0.2) is 11.1 Å². The SMILES string of the molecule is Cc1cc(OCc2ccc(C(=O)O)o2)c2c(C)cc(=O)oc2c1. The third-order valence-corrected chi connectivity index (χ3v) is 3.39. The maximum atomic E-state index is 11.5. The fourth-order valence-corrected chi connectivity index (χ4v) is 2.41. The Morgan fingerprint density at radius 2 is 1.96 bits per heavy atom. The molecule has 2 heterocycles. The minimum absolute atomic E-state index is 0.0738. The second kappa shape index (κ2) is 5.64. The quantitative estimate of drug-likeness (QED) is 0.743. The number of furan rings is 1. The van der Waals surface area contributed by atoms with Gasteiger partial charge < -0.3 is 18.7 Å². The van der Waals surface area contributed by atoms with Gasteiger partial charge in [-0.2, -0.15) is 0 Å². The summed E-state index contributed by atoms with van der Waals surface area (Å²) in [6.07, 6.45) is 0. The zero-order chi connectivity index (χ0) is 16.6. The van der Waals surface area contributed by atoms with E-state index in [4.69, 9.17) is 18.7 Å². The standard InChI is InChI=1S/C17H14O6/c1-9-5-13(16-10(2)7-15(18)23-14(16)6-9)21-8-11-3-4-12(22-11)17(19)20/h3-7H,8H2,1-2H3,(H,19,20). The molecule has 0 radical (unpaired) electrons. The van der Waals surface area contributed by atoms with Gasteiger partial charge in [0.2, 0.25) is 5.76 Å². The Kier molecular flexibility index (Phi) is 3.65. The monoisotopic (exact) mass is 314 g/mol. The van der Waals surface area contributed by atoms with Crippen molar-refractivity contribution in [3.63, 3.8) is 0 Å². The molecule has 1 N–H and O–H groups in total. The molecular formula is C17H14O6. The van der Waals surface area contributed by atoms with Crippen LogP contribution in [0.2, 0.25) is 0 Å². The average molecular weight is 314 g/mol. The normalized spacial score (nSPS) is 10.9. The molecule has 0 atom stereocenters. The van der Waals surface area contributed by atoms with Gasteiger partial charge in [0.05, 0.1) is 5.39 Å². The maximum absolute atomic E-state index is 11.5. The average Bonchev–Trinajstić information content (AvgIpc) is 2.92. The van der Waals surface area contributed by atoms with E-state index >= 15 is 0 Å². The van der Waals surface area contributed by atoms with E-state index in [1.165, 1.54) is 12.1 Å². The Balaban J connectivity index is 1.95. The Morgan fingerprint density at radius 3 is 2.65 bits per heavy atom. The highest BCUT2D eigenvalue weighted by molar-refractivity contribution is 5.87. The molecule has 3 aromatic rings. The van der Waals surface area contributed by atoms with Crippen molar-refractivity contribution >= 4 is 16.9 Å². The summed E-state index contributed by atoms with van der Waals surface area (Å²) in [6.45, 7) is 3.74. The lowest BCUT2D eigenvalue weighted by Gasteiger charge is -2.10. The fourth-order valence-electron chi connectivity index (χ4n) is 2.41. The van der Waals surface area contributed by atoms with Crippen LogP contribution in [0.15, 0.2) is 44.0 Å². The first-order chi connectivity index (χ1) is 10.9. The zero-order valence-electron chi connectivity index (χ0n) is 12.6. The van der Waals surface area contributed by atoms with Crippen molar-refractivity contribution in [3.8, 4) is 5.75 Å². The van der Waals surface area contributed by atoms with Gasteiger partial charge in [-0.05, 0) is 49.2 Å². The van der Waals surface area contributed by atoms with Crippen molar-refractivity contribution in [2.45, 2.75) is 20.5 Å². The topological polar surface area (TPSA) is 89.9 Å². The molecule has 0 bridgehead atoms. The van der Waals surface area contributed by atoms with Crippen LogP contribution in [0.1, 0.15) is 27.4 Å². The van der Waals surface area contributed by atoms with Crippen LogP contribution in [0.5, 0.6) is 5.75 Å². The molecule has 118 valence electrons. The van der Waals surface area contributed by atoms with Crippen LogP contribution >= 0.6 is 0 Å². The van der Waals surface area contributed by atoms with Gasteiger partial charge in [0.25, 0.3) is 0 Å². The van der Waals surface area contributed by atoms with Crippen LogP contribution in [-0.2, 0) is 6.61 Å². The Hall–Kier alpha value is -3.02. The Labute approximate surface area is 130 Å². The molecule has 0 amide bonds. The second-order valence-electron chi connectivity index (χ2n) is 5.24. The van der Waals surface area contributed by atoms with E-state index in [1.807, 2.05) is 13.0 Å². The maximum Gasteiger partial charge on any atom is 0.371 e. The van der Waals surface area contributed by atoms with Gasteiger partial charge in [0, 0.05) is 6.07 Å². The van der Waals surface area contributed by atoms with E-state index in [0.717, 1.165) is 11.1 Å². The van der Waals surface area contributed by atoms with Crippen molar-refractivity contribution in [1.82, 2.24) is 0 Å². The Morgan fingerprint density at radius 1 is 1.17 bits per heavy atom. The molecule has 1 aromatic carbocycles. The summed E-state index contributed by atoms with van der Waals surface area (Å²) >= 11 is 0. The van der Waals surface area contributed by atoms with Crippen LogP contribution in [0.4, 0.5) is 0 Å². The second-order valence-corrected chi connectivity index (χ2v) is 5.24. The first kappa shape index (κ1) is 14.9. The molecule has 0 saturated carbocycles. The van der Waals surface area contributed by atoms with Gasteiger partial charge in [0.1, 0.15) is 23.7 Å². The Bertz CT molecular complexity index is 947. The number of hydrogen-bond acceptors (Lipinski definition) is 5. The van der Waals surface area contributed by atoms with Crippen molar-refractivity contribution in [3.05, 3.63) is 63.4 Å². The molecule has 6 nitrogen and oxygen atoms in total. The molecule has 2 aromatic heterocycles. The van der Waals surface area contributed by atoms with Gasteiger partial charge in [0.15, 0.2) is 0 Å². The highest BCUT2D eigenvalue weighted by atomic mass is 16.5. The smallest absolute Gasteiger partial charge is 0.371 e. The highest BCUT2D eigenvalue weighted by Crippen LogP contribution is 2.30. The van der Waals surface area contributed by atoms with Gasteiger partial charge in [-0.3, -0.25) is 0 Å². The van der Waals surface area contributed by atoms with Gasteiger partial charge in [-0.15, -0.1) is 0 Å². The molecule has 0 aliphatic carbocycles. The van der Waals surface area contributed by atoms with Gasteiger partial charge >= 0.3 is 11.6 Å². The predicted octanol–water partition coefficient (Wildman–Crippen LogP) is 3.28. The molecule has 0 fully saturated rings. The van der Waals surface area contributed by atoms with E-state index in [9.17, 15) is 9.59 Å². The third kappa shape index (κ3) is 2.96. The summed E-state index contributed by atoms with van der Waals surface area (Å²) in [4.78, 5) is 22.3. The van der Waals surface area contributed by atoms with E-state index in [1.54, 1.807) is 19.1 Å². The van der Waals surface area contributed by atoms with Crippen LogP contribution < -0.4 is 10.4 Å². The third-order valence-electron chi connectivity index (χ3n) is 3.39. The minimum atomic E-state index is -1.13. The number of carbonyl (C=O) groups is 1. The van der Waals surface area contributed by atoms with E-state index in [0.29, 0.717) is 22.5 Å². The van der Waals surface area contributed by atoms with E-state index < -0.39 is 11.6 Å². The first-order valence-corrected chi connectivity index (χ1v) is 6.94. The van der Waals surface area contributed by atoms with Crippen molar-refractivity contribution < 1.29 is 23.5 Å². The number of aryl methyl sites for hydroxylation is 2. The fraction of sp³-hybridized carbons (Fsp3) is 0.176. The van der Waals surface area contributed by atoms with E-state index in [2.05, 4.69) is 0 Å². The van der Waals surface area contributed by atoms with Crippen LogP contribution in [0, 0.1) is 13.8 Å². The van der Waals surface area contributed by atoms with Crippen molar-refractivity contribution in [2.24, 2.45) is 0 Å². The first-order valence-electron chi connectivity index (χ1n) is 6.94. The zero-order valence-corrected chi connectivity index (χ0v) is 12.6. The summed E-state index contributed by atoms with van der Waals surface area (Å²) in [5.41, 5.74) is 1.67. The molecular weight excluding hydrogens is 300 g/mol. The molecule has 0 saturated heterocycles. The molecule has 0 unspecified atom stereocenters. The summed E-state index contributed by atoms with van der Waals surface area (Å²) < 4.78 is 16.1. The lowest BCUT2D eigenvalue weighted by atomic mass is 10.1. The minimum Gasteiger partial charge on any atom is -0.485 e. The predicted molar refractivity (Wildman–Crippen MR) is 82.0 cm³/mol. The number of benzene rings is 1. The number of fused-ring (bicyclic) bond motifs is 1. The molecule has 0 spiro atoms. The molecule has 23 heavy (non-hydrogen) atoms. The van der Waals surface area contributed by atoms with Gasteiger partial charge in [-0.1, -0.05) is 0 Å². The number of carboxylic acids is 1.